The molecule has 0 spiro atoms. The van der Waals surface area contributed by atoms with Crippen molar-refractivity contribution < 1.29 is 0 Å². The number of piperazine rings is 1. The smallest absolute Gasteiger partial charge is 0.110 e. The third-order valence-electron chi connectivity index (χ3n) is 4.25. The molecule has 1 aliphatic heterocycles. The van der Waals surface area contributed by atoms with Gasteiger partial charge in [0.25, 0.3) is 0 Å². The van der Waals surface area contributed by atoms with Gasteiger partial charge in [-0.25, -0.2) is 4.98 Å². The molecule has 21 heavy (non-hydrogen) atoms. The van der Waals surface area contributed by atoms with Crippen molar-refractivity contribution >= 4 is 11.3 Å². The molecule has 0 saturated carbocycles. The lowest BCUT2D eigenvalue weighted by molar-refractivity contribution is 0.0818. The van der Waals surface area contributed by atoms with Crippen LogP contribution in [0.25, 0.3) is 0 Å². The molecule has 2 aromatic rings. The van der Waals surface area contributed by atoms with Gasteiger partial charge in [0.15, 0.2) is 0 Å². The van der Waals surface area contributed by atoms with E-state index in [9.17, 15) is 0 Å². The van der Waals surface area contributed by atoms with Crippen LogP contribution in [0.1, 0.15) is 42.9 Å². The fourth-order valence-electron chi connectivity index (χ4n) is 3.22. The third-order valence-corrected chi connectivity index (χ3v) is 5.13. The SMILES string of the molecule is CCC(c1nccs1)N1CC(C)NCC1c1ccccc1. The summed E-state index contributed by atoms with van der Waals surface area (Å²) in [4.78, 5) is 7.21. The summed E-state index contributed by atoms with van der Waals surface area (Å²) in [7, 11) is 0. The van der Waals surface area contributed by atoms with E-state index in [0.29, 0.717) is 18.1 Å². The van der Waals surface area contributed by atoms with E-state index >= 15 is 0 Å². The van der Waals surface area contributed by atoms with E-state index in [0.717, 1.165) is 19.5 Å². The van der Waals surface area contributed by atoms with E-state index in [4.69, 9.17) is 0 Å². The molecule has 1 fully saturated rings. The minimum atomic E-state index is 0.416. The number of nitrogens with one attached hydrogen (secondary N) is 1. The van der Waals surface area contributed by atoms with E-state index in [1.165, 1.54) is 10.6 Å². The summed E-state index contributed by atoms with van der Waals surface area (Å²) in [6.07, 6.45) is 3.02. The largest absolute Gasteiger partial charge is 0.311 e. The lowest BCUT2D eigenvalue weighted by Crippen LogP contribution is -2.52. The average molecular weight is 301 g/mol. The molecular formula is C17H23N3S. The highest BCUT2D eigenvalue weighted by atomic mass is 32.1. The minimum Gasteiger partial charge on any atom is -0.311 e. The highest BCUT2D eigenvalue weighted by Gasteiger charge is 2.33. The van der Waals surface area contributed by atoms with Crippen molar-refractivity contribution in [3.63, 3.8) is 0 Å². The van der Waals surface area contributed by atoms with Gasteiger partial charge in [-0.05, 0) is 18.9 Å². The van der Waals surface area contributed by atoms with Crippen molar-refractivity contribution in [3.05, 3.63) is 52.5 Å². The minimum absolute atomic E-state index is 0.416. The Bertz CT molecular complexity index is 540. The standard InChI is InChI=1S/C17H23N3S/c1-3-15(17-18-9-10-21-17)20-12-13(2)19-11-16(20)14-7-5-4-6-8-14/h4-10,13,15-16,19H,3,11-12H2,1-2H3. The molecule has 0 aliphatic carbocycles. The second-order valence-corrected chi connectivity index (χ2v) is 6.65. The molecule has 2 heterocycles. The first-order valence-electron chi connectivity index (χ1n) is 7.73. The van der Waals surface area contributed by atoms with Crippen LogP contribution in [0.15, 0.2) is 41.9 Å². The predicted molar refractivity (Wildman–Crippen MR) is 88.5 cm³/mol. The van der Waals surface area contributed by atoms with Crippen LogP contribution in [0, 0.1) is 0 Å². The molecule has 0 amide bonds. The van der Waals surface area contributed by atoms with E-state index in [2.05, 4.69) is 64.8 Å². The zero-order valence-corrected chi connectivity index (χ0v) is 13.5. The Balaban J connectivity index is 1.91. The number of hydrogen-bond acceptors (Lipinski definition) is 4. The summed E-state index contributed by atoms with van der Waals surface area (Å²) < 4.78 is 0. The Kier molecular flexibility index (Phi) is 4.68. The lowest BCUT2D eigenvalue weighted by Gasteiger charge is -2.43. The summed E-state index contributed by atoms with van der Waals surface area (Å²) >= 11 is 1.77. The summed E-state index contributed by atoms with van der Waals surface area (Å²) in [6.45, 7) is 6.61. The maximum Gasteiger partial charge on any atom is 0.110 e. The van der Waals surface area contributed by atoms with Gasteiger partial charge in [0.1, 0.15) is 5.01 Å². The van der Waals surface area contributed by atoms with E-state index < -0.39 is 0 Å². The molecule has 1 aromatic heterocycles. The van der Waals surface area contributed by atoms with Crippen LogP contribution < -0.4 is 5.32 Å². The molecule has 3 nitrogen and oxygen atoms in total. The van der Waals surface area contributed by atoms with Crippen molar-refractivity contribution in [2.24, 2.45) is 0 Å². The molecule has 1 N–H and O–H groups in total. The fourth-order valence-corrected chi connectivity index (χ4v) is 4.06. The van der Waals surface area contributed by atoms with Crippen LogP contribution in [0.4, 0.5) is 0 Å². The third kappa shape index (κ3) is 3.18. The first kappa shape index (κ1) is 14.7. The highest BCUT2D eigenvalue weighted by molar-refractivity contribution is 7.09. The van der Waals surface area contributed by atoms with Gasteiger partial charge < -0.3 is 5.32 Å². The normalized spacial score (nSPS) is 24.9. The van der Waals surface area contributed by atoms with Crippen LogP contribution in [-0.4, -0.2) is 29.0 Å². The first-order valence-corrected chi connectivity index (χ1v) is 8.61. The molecule has 3 unspecified atom stereocenters. The molecule has 3 rings (SSSR count). The fraction of sp³-hybridized carbons (Fsp3) is 0.471. The molecule has 1 aliphatic rings. The number of nitrogens with zero attached hydrogens (tertiary/aromatic N) is 2. The Morgan fingerprint density at radius 2 is 2.19 bits per heavy atom. The van der Waals surface area contributed by atoms with Crippen molar-refractivity contribution in [1.29, 1.82) is 0 Å². The second kappa shape index (κ2) is 6.69. The molecule has 0 bridgehead atoms. The van der Waals surface area contributed by atoms with E-state index in [-0.39, 0.29) is 0 Å². The summed E-state index contributed by atoms with van der Waals surface area (Å²) in [5.74, 6) is 0. The quantitative estimate of drug-likeness (QED) is 0.934. The molecule has 4 heteroatoms. The Morgan fingerprint density at radius 3 is 2.86 bits per heavy atom. The van der Waals surface area contributed by atoms with Gasteiger partial charge in [0.2, 0.25) is 0 Å². The molecule has 0 radical (unpaired) electrons. The van der Waals surface area contributed by atoms with E-state index in [1.807, 2.05) is 6.20 Å². The van der Waals surface area contributed by atoms with Crippen LogP contribution in [0.2, 0.25) is 0 Å². The summed E-state index contributed by atoms with van der Waals surface area (Å²) in [5, 5.41) is 6.95. The zero-order valence-electron chi connectivity index (χ0n) is 12.7. The molecule has 112 valence electrons. The number of benzene rings is 1. The van der Waals surface area contributed by atoms with Crippen molar-refractivity contribution in [2.75, 3.05) is 13.1 Å². The highest BCUT2D eigenvalue weighted by Crippen LogP contribution is 2.35. The van der Waals surface area contributed by atoms with Gasteiger partial charge in [0, 0.05) is 36.8 Å². The van der Waals surface area contributed by atoms with Gasteiger partial charge in [-0.1, -0.05) is 37.3 Å². The van der Waals surface area contributed by atoms with Gasteiger partial charge in [0.05, 0.1) is 6.04 Å². The Morgan fingerprint density at radius 1 is 1.38 bits per heavy atom. The maximum atomic E-state index is 4.57. The zero-order chi connectivity index (χ0) is 14.7. The van der Waals surface area contributed by atoms with Crippen LogP contribution in [-0.2, 0) is 0 Å². The number of hydrogen-bond donors (Lipinski definition) is 1. The Labute approximate surface area is 131 Å². The van der Waals surface area contributed by atoms with Crippen LogP contribution in [0.5, 0.6) is 0 Å². The predicted octanol–water partition coefficient (Wildman–Crippen LogP) is 3.63. The van der Waals surface area contributed by atoms with Gasteiger partial charge >= 0.3 is 0 Å². The van der Waals surface area contributed by atoms with Gasteiger partial charge in [-0.3, -0.25) is 4.90 Å². The topological polar surface area (TPSA) is 28.2 Å². The lowest BCUT2D eigenvalue weighted by atomic mass is 9.98. The first-order chi connectivity index (χ1) is 10.3. The van der Waals surface area contributed by atoms with E-state index in [1.54, 1.807) is 11.3 Å². The average Bonchev–Trinajstić information content (AvgIpc) is 3.03. The van der Waals surface area contributed by atoms with Gasteiger partial charge in [-0.2, -0.15) is 0 Å². The molecule has 1 aromatic carbocycles. The maximum absolute atomic E-state index is 4.57. The number of aromatic nitrogens is 1. The van der Waals surface area contributed by atoms with Crippen LogP contribution in [0.3, 0.4) is 0 Å². The second-order valence-electron chi connectivity index (χ2n) is 5.73. The van der Waals surface area contributed by atoms with Gasteiger partial charge in [-0.15, -0.1) is 11.3 Å². The summed E-state index contributed by atoms with van der Waals surface area (Å²) in [5.41, 5.74) is 1.40. The van der Waals surface area contributed by atoms with Crippen LogP contribution >= 0.6 is 11.3 Å². The monoisotopic (exact) mass is 301 g/mol. The van der Waals surface area contributed by atoms with Crippen molar-refractivity contribution in [2.45, 2.75) is 38.4 Å². The molecule has 1 saturated heterocycles. The molecular weight excluding hydrogens is 278 g/mol. The van der Waals surface area contributed by atoms with Crippen molar-refractivity contribution in [3.8, 4) is 0 Å². The number of thiazole rings is 1. The number of rotatable bonds is 4. The van der Waals surface area contributed by atoms with Crippen molar-refractivity contribution in [1.82, 2.24) is 15.2 Å². The molecule has 3 atom stereocenters. The Hall–Kier alpha value is -1.23. The summed E-state index contributed by atoms with van der Waals surface area (Å²) in [6, 6.07) is 12.2.